The Morgan fingerprint density at radius 1 is 1.22 bits per heavy atom. The standard InChI is InChI=1S/C18H18BrNO3/c1-22-16-11-14(18(21)20-8-5-9-20)10-15(19)17(16)23-12-13-6-3-2-4-7-13/h2-4,6-7,10-11H,5,8-9,12H2,1H3. The van der Waals surface area contributed by atoms with Crippen LogP contribution in [0.15, 0.2) is 46.9 Å². The first-order valence-corrected chi connectivity index (χ1v) is 8.32. The molecule has 0 saturated carbocycles. The minimum Gasteiger partial charge on any atom is -0.493 e. The molecule has 0 N–H and O–H groups in total. The number of ether oxygens (including phenoxy) is 2. The second-order valence-electron chi connectivity index (χ2n) is 5.41. The fraction of sp³-hybridized carbons (Fsp3) is 0.278. The van der Waals surface area contributed by atoms with Gasteiger partial charge in [0.25, 0.3) is 5.91 Å². The van der Waals surface area contributed by atoms with E-state index in [1.807, 2.05) is 35.2 Å². The van der Waals surface area contributed by atoms with Crippen LogP contribution in [0.4, 0.5) is 0 Å². The Hall–Kier alpha value is -2.01. The lowest BCUT2D eigenvalue weighted by atomic mass is 10.1. The molecule has 5 heteroatoms. The van der Waals surface area contributed by atoms with E-state index in [2.05, 4.69) is 15.9 Å². The Balaban J connectivity index is 1.81. The number of benzene rings is 2. The molecule has 1 amide bonds. The minimum absolute atomic E-state index is 0.0323. The first-order chi connectivity index (χ1) is 11.2. The SMILES string of the molecule is COc1cc(C(=O)N2CCC2)cc(Br)c1OCc1ccccc1. The van der Waals surface area contributed by atoms with Crippen molar-refractivity contribution in [2.24, 2.45) is 0 Å². The van der Waals surface area contributed by atoms with E-state index in [9.17, 15) is 4.79 Å². The summed E-state index contributed by atoms with van der Waals surface area (Å²) in [7, 11) is 1.58. The Morgan fingerprint density at radius 2 is 1.96 bits per heavy atom. The van der Waals surface area contributed by atoms with Crippen molar-refractivity contribution in [1.82, 2.24) is 4.90 Å². The van der Waals surface area contributed by atoms with Gasteiger partial charge < -0.3 is 14.4 Å². The molecule has 0 aromatic heterocycles. The molecule has 0 spiro atoms. The summed E-state index contributed by atoms with van der Waals surface area (Å²) in [6.45, 7) is 2.09. The zero-order valence-corrected chi connectivity index (χ0v) is 14.5. The van der Waals surface area contributed by atoms with Crippen LogP contribution in [-0.2, 0) is 6.61 Å². The topological polar surface area (TPSA) is 38.8 Å². The van der Waals surface area contributed by atoms with Crippen molar-refractivity contribution in [3.05, 3.63) is 58.1 Å². The number of amides is 1. The number of likely N-dealkylation sites (tertiary alicyclic amines) is 1. The van der Waals surface area contributed by atoms with Crippen LogP contribution in [-0.4, -0.2) is 31.0 Å². The van der Waals surface area contributed by atoms with Crippen LogP contribution < -0.4 is 9.47 Å². The maximum absolute atomic E-state index is 12.3. The van der Waals surface area contributed by atoms with Gasteiger partial charge in [-0.1, -0.05) is 30.3 Å². The molecule has 0 aliphatic carbocycles. The molecular formula is C18H18BrNO3. The largest absolute Gasteiger partial charge is 0.493 e. The Bertz CT molecular complexity index is 699. The van der Waals surface area contributed by atoms with Gasteiger partial charge in [0.1, 0.15) is 6.61 Å². The van der Waals surface area contributed by atoms with E-state index in [0.29, 0.717) is 23.7 Å². The van der Waals surface area contributed by atoms with Gasteiger partial charge in [-0.05, 0) is 40.0 Å². The molecule has 1 heterocycles. The van der Waals surface area contributed by atoms with E-state index in [4.69, 9.17) is 9.47 Å². The maximum Gasteiger partial charge on any atom is 0.254 e. The summed E-state index contributed by atoms with van der Waals surface area (Å²) < 4.78 is 12.0. The third-order valence-electron chi connectivity index (χ3n) is 3.85. The maximum atomic E-state index is 12.3. The van der Waals surface area contributed by atoms with Gasteiger partial charge in [0, 0.05) is 18.7 Å². The van der Waals surface area contributed by atoms with Crippen molar-refractivity contribution in [3.8, 4) is 11.5 Å². The van der Waals surface area contributed by atoms with Crippen molar-refractivity contribution in [3.63, 3.8) is 0 Å². The summed E-state index contributed by atoms with van der Waals surface area (Å²) in [5, 5.41) is 0. The number of carbonyl (C=O) groups excluding carboxylic acids is 1. The van der Waals surface area contributed by atoms with Gasteiger partial charge in [-0.2, -0.15) is 0 Å². The molecule has 0 radical (unpaired) electrons. The molecule has 0 unspecified atom stereocenters. The van der Waals surface area contributed by atoms with Crippen LogP contribution in [0.2, 0.25) is 0 Å². The highest BCUT2D eigenvalue weighted by Gasteiger charge is 2.24. The fourth-order valence-electron chi connectivity index (χ4n) is 2.42. The number of methoxy groups -OCH3 is 1. The third-order valence-corrected chi connectivity index (χ3v) is 4.43. The van der Waals surface area contributed by atoms with Crippen molar-refractivity contribution >= 4 is 21.8 Å². The Kier molecular flexibility index (Phi) is 4.86. The molecule has 4 nitrogen and oxygen atoms in total. The quantitative estimate of drug-likeness (QED) is 0.795. The molecule has 1 aliphatic rings. The molecule has 2 aromatic rings. The molecule has 0 atom stereocenters. The molecule has 120 valence electrons. The molecular weight excluding hydrogens is 358 g/mol. The van der Waals surface area contributed by atoms with Gasteiger partial charge in [0.2, 0.25) is 0 Å². The molecule has 3 rings (SSSR count). The molecule has 1 aliphatic heterocycles. The monoisotopic (exact) mass is 375 g/mol. The summed E-state index contributed by atoms with van der Waals surface area (Å²) in [4.78, 5) is 14.2. The zero-order valence-electron chi connectivity index (χ0n) is 12.9. The number of hydrogen-bond acceptors (Lipinski definition) is 3. The van der Waals surface area contributed by atoms with Crippen molar-refractivity contribution in [2.45, 2.75) is 13.0 Å². The van der Waals surface area contributed by atoms with Crippen LogP contribution in [0.1, 0.15) is 22.3 Å². The summed E-state index contributed by atoms with van der Waals surface area (Å²) in [6, 6.07) is 13.5. The van der Waals surface area contributed by atoms with Crippen molar-refractivity contribution in [2.75, 3.05) is 20.2 Å². The van der Waals surface area contributed by atoms with E-state index in [1.54, 1.807) is 19.2 Å². The predicted molar refractivity (Wildman–Crippen MR) is 92.0 cm³/mol. The first-order valence-electron chi connectivity index (χ1n) is 7.52. The van der Waals surface area contributed by atoms with Crippen molar-refractivity contribution < 1.29 is 14.3 Å². The summed E-state index contributed by atoms with van der Waals surface area (Å²) >= 11 is 3.49. The number of rotatable bonds is 5. The van der Waals surface area contributed by atoms with Gasteiger partial charge in [-0.3, -0.25) is 4.79 Å². The number of nitrogens with zero attached hydrogens (tertiary/aromatic N) is 1. The highest BCUT2D eigenvalue weighted by molar-refractivity contribution is 9.10. The number of hydrogen-bond donors (Lipinski definition) is 0. The average molecular weight is 376 g/mol. The molecule has 0 bridgehead atoms. The van der Waals surface area contributed by atoms with E-state index >= 15 is 0 Å². The second kappa shape index (κ2) is 7.04. The van der Waals surface area contributed by atoms with Gasteiger partial charge in [0.05, 0.1) is 11.6 Å². The lowest BCUT2D eigenvalue weighted by Crippen LogP contribution is -2.42. The molecule has 1 saturated heterocycles. The first kappa shape index (κ1) is 15.9. The summed E-state index contributed by atoms with van der Waals surface area (Å²) in [5.74, 6) is 1.19. The molecule has 2 aromatic carbocycles. The second-order valence-corrected chi connectivity index (χ2v) is 6.26. The van der Waals surface area contributed by atoms with Crippen molar-refractivity contribution in [1.29, 1.82) is 0 Å². The fourth-order valence-corrected chi connectivity index (χ4v) is 2.97. The Labute approximate surface area is 144 Å². The third kappa shape index (κ3) is 3.50. The Morgan fingerprint density at radius 3 is 2.57 bits per heavy atom. The zero-order chi connectivity index (χ0) is 16.2. The normalized spacial score (nSPS) is 13.4. The van der Waals surface area contributed by atoms with Crippen LogP contribution >= 0.6 is 15.9 Å². The van der Waals surface area contributed by atoms with Crippen LogP contribution in [0.25, 0.3) is 0 Å². The highest BCUT2D eigenvalue weighted by Crippen LogP contribution is 2.37. The van der Waals surface area contributed by atoms with Gasteiger partial charge in [0.15, 0.2) is 11.5 Å². The lowest BCUT2D eigenvalue weighted by Gasteiger charge is -2.31. The van der Waals surface area contributed by atoms with E-state index < -0.39 is 0 Å². The van der Waals surface area contributed by atoms with Crippen LogP contribution in [0.3, 0.4) is 0 Å². The molecule has 1 fully saturated rings. The lowest BCUT2D eigenvalue weighted by molar-refractivity contribution is 0.0651. The average Bonchev–Trinajstić information content (AvgIpc) is 2.52. The smallest absolute Gasteiger partial charge is 0.254 e. The van der Waals surface area contributed by atoms with Crippen LogP contribution in [0, 0.1) is 0 Å². The van der Waals surface area contributed by atoms with Gasteiger partial charge in [-0.15, -0.1) is 0 Å². The molecule has 23 heavy (non-hydrogen) atoms. The van der Waals surface area contributed by atoms with Crippen LogP contribution in [0.5, 0.6) is 11.5 Å². The van der Waals surface area contributed by atoms with Gasteiger partial charge >= 0.3 is 0 Å². The predicted octanol–water partition coefficient (Wildman–Crippen LogP) is 3.88. The van der Waals surface area contributed by atoms with E-state index in [-0.39, 0.29) is 5.91 Å². The number of carbonyl (C=O) groups is 1. The minimum atomic E-state index is 0.0323. The summed E-state index contributed by atoms with van der Waals surface area (Å²) in [5.41, 5.74) is 1.68. The van der Waals surface area contributed by atoms with E-state index in [0.717, 1.165) is 29.5 Å². The summed E-state index contributed by atoms with van der Waals surface area (Å²) in [6.07, 6.45) is 1.07. The van der Waals surface area contributed by atoms with Gasteiger partial charge in [-0.25, -0.2) is 0 Å². The highest BCUT2D eigenvalue weighted by atomic mass is 79.9. The van der Waals surface area contributed by atoms with E-state index in [1.165, 1.54) is 0 Å². The number of halogens is 1.